The van der Waals surface area contributed by atoms with Gasteiger partial charge in [-0.25, -0.2) is 0 Å². The highest BCUT2D eigenvalue weighted by atomic mass is 16.5. The van der Waals surface area contributed by atoms with Crippen molar-refractivity contribution in [3.63, 3.8) is 0 Å². The molecule has 3 rings (SSSR count). The number of ether oxygens (including phenoxy) is 3. The average molecular weight is 380 g/mol. The fourth-order valence-corrected chi connectivity index (χ4v) is 3.25. The van der Waals surface area contributed by atoms with Crippen LogP contribution in [0.5, 0.6) is 0 Å². The summed E-state index contributed by atoms with van der Waals surface area (Å²) in [6.07, 6.45) is 8.50. The molecule has 0 saturated carbocycles. The predicted octanol–water partition coefficient (Wildman–Crippen LogP) is 2.12. The van der Waals surface area contributed by atoms with Crippen LogP contribution in [0.3, 0.4) is 0 Å². The van der Waals surface area contributed by atoms with Crippen molar-refractivity contribution in [2.24, 2.45) is 4.99 Å². The minimum atomic E-state index is 0.244. The summed E-state index contributed by atoms with van der Waals surface area (Å²) >= 11 is 0. The number of nitrogens with zero attached hydrogens (tertiary/aromatic N) is 1. The number of hydrogen-bond acceptors (Lipinski definition) is 5. The molecule has 2 fully saturated rings. The van der Waals surface area contributed by atoms with Crippen LogP contribution in [-0.2, 0) is 20.6 Å². The average Bonchev–Trinajstić information content (AvgIpc) is 3.40. The first kappa shape index (κ1) is 20.2. The van der Waals surface area contributed by atoms with E-state index in [0.29, 0.717) is 6.54 Å². The third kappa shape index (κ3) is 7.91. The zero-order valence-electron chi connectivity index (χ0n) is 16.2. The fraction of sp³-hybridized carbons (Fsp3) is 0.750. The van der Waals surface area contributed by atoms with Crippen LogP contribution in [0.25, 0.3) is 0 Å². The Labute approximate surface area is 161 Å². The SMILES string of the molecule is c1coc(CCNC(=NCC2CCCCO2)NCCCOC2CCOC2)c1. The molecule has 7 heteroatoms. The van der Waals surface area contributed by atoms with E-state index in [1.165, 1.54) is 12.8 Å². The quantitative estimate of drug-likeness (QED) is 0.368. The van der Waals surface area contributed by atoms with Crippen LogP contribution in [0.15, 0.2) is 27.8 Å². The van der Waals surface area contributed by atoms with E-state index in [9.17, 15) is 0 Å². The van der Waals surface area contributed by atoms with Crippen LogP contribution in [0.2, 0.25) is 0 Å². The van der Waals surface area contributed by atoms with Gasteiger partial charge in [0.2, 0.25) is 0 Å². The summed E-state index contributed by atoms with van der Waals surface area (Å²) in [6.45, 7) is 5.46. The van der Waals surface area contributed by atoms with E-state index >= 15 is 0 Å². The Hall–Kier alpha value is -1.57. The fourth-order valence-electron chi connectivity index (χ4n) is 3.25. The van der Waals surface area contributed by atoms with Crippen molar-refractivity contribution in [1.29, 1.82) is 0 Å². The van der Waals surface area contributed by atoms with Crippen molar-refractivity contribution in [2.45, 2.75) is 50.7 Å². The summed E-state index contributed by atoms with van der Waals surface area (Å²) in [4.78, 5) is 4.72. The number of rotatable bonds is 10. The zero-order chi connectivity index (χ0) is 18.6. The molecule has 2 aliphatic heterocycles. The van der Waals surface area contributed by atoms with Gasteiger partial charge in [-0.3, -0.25) is 4.99 Å². The van der Waals surface area contributed by atoms with E-state index in [-0.39, 0.29) is 12.2 Å². The molecular formula is C20H33N3O4. The van der Waals surface area contributed by atoms with Crippen molar-refractivity contribution in [3.05, 3.63) is 24.2 Å². The highest BCUT2D eigenvalue weighted by Crippen LogP contribution is 2.12. The van der Waals surface area contributed by atoms with Gasteiger partial charge in [0, 0.05) is 39.3 Å². The molecule has 27 heavy (non-hydrogen) atoms. The summed E-state index contributed by atoms with van der Waals surface area (Å²) in [5.41, 5.74) is 0. The van der Waals surface area contributed by atoms with Crippen molar-refractivity contribution in [1.82, 2.24) is 10.6 Å². The van der Waals surface area contributed by atoms with Crippen LogP contribution in [0, 0.1) is 0 Å². The van der Waals surface area contributed by atoms with Gasteiger partial charge in [-0.15, -0.1) is 0 Å². The molecule has 2 saturated heterocycles. The molecule has 1 aromatic heterocycles. The second-order valence-electron chi connectivity index (χ2n) is 7.07. The van der Waals surface area contributed by atoms with Gasteiger partial charge in [0.1, 0.15) is 5.76 Å². The van der Waals surface area contributed by atoms with Crippen molar-refractivity contribution >= 4 is 5.96 Å². The predicted molar refractivity (Wildman–Crippen MR) is 104 cm³/mol. The maximum Gasteiger partial charge on any atom is 0.191 e. The maximum absolute atomic E-state index is 5.81. The van der Waals surface area contributed by atoms with E-state index in [4.69, 9.17) is 23.6 Å². The van der Waals surface area contributed by atoms with Crippen LogP contribution in [-0.4, -0.2) is 64.2 Å². The number of furan rings is 1. The molecule has 0 bridgehead atoms. The smallest absolute Gasteiger partial charge is 0.191 e. The van der Waals surface area contributed by atoms with E-state index in [2.05, 4.69) is 10.6 Å². The molecule has 1 aromatic rings. The lowest BCUT2D eigenvalue weighted by molar-refractivity contribution is 0.0224. The van der Waals surface area contributed by atoms with Gasteiger partial charge in [-0.2, -0.15) is 0 Å². The normalized spacial score (nSPS) is 23.5. The third-order valence-electron chi connectivity index (χ3n) is 4.83. The van der Waals surface area contributed by atoms with Crippen molar-refractivity contribution in [2.75, 3.05) is 46.1 Å². The molecule has 0 amide bonds. The monoisotopic (exact) mass is 379 g/mol. The van der Waals surface area contributed by atoms with Gasteiger partial charge in [-0.1, -0.05) is 0 Å². The first-order valence-corrected chi connectivity index (χ1v) is 10.3. The largest absolute Gasteiger partial charge is 0.469 e. The minimum Gasteiger partial charge on any atom is -0.469 e. The maximum atomic E-state index is 5.81. The summed E-state index contributed by atoms with van der Waals surface area (Å²) < 4.78 is 22.3. The Bertz CT molecular complexity index is 523. The van der Waals surface area contributed by atoms with Gasteiger partial charge < -0.3 is 29.3 Å². The van der Waals surface area contributed by atoms with Crippen LogP contribution in [0.1, 0.15) is 37.9 Å². The molecule has 2 aliphatic rings. The van der Waals surface area contributed by atoms with Crippen molar-refractivity contribution in [3.8, 4) is 0 Å². The molecule has 3 heterocycles. The Kier molecular flexibility index (Phi) is 8.97. The summed E-state index contributed by atoms with van der Waals surface area (Å²) in [7, 11) is 0. The molecule has 0 aliphatic carbocycles. The molecule has 0 spiro atoms. The van der Waals surface area contributed by atoms with Gasteiger partial charge in [0.05, 0.1) is 31.6 Å². The Balaban J connectivity index is 1.36. The number of hydrogen-bond donors (Lipinski definition) is 2. The molecular weight excluding hydrogens is 346 g/mol. The molecule has 2 N–H and O–H groups in total. The second kappa shape index (κ2) is 12.0. The molecule has 152 valence electrons. The summed E-state index contributed by atoms with van der Waals surface area (Å²) in [6, 6.07) is 3.91. The minimum absolute atomic E-state index is 0.244. The number of aliphatic imine (C=N–C) groups is 1. The first-order chi connectivity index (χ1) is 13.4. The molecule has 0 radical (unpaired) electrons. The van der Waals surface area contributed by atoms with E-state index in [0.717, 1.165) is 76.9 Å². The van der Waals surface area contributed by atoms with Gasteiger partial charge in [0.25, 0.3) is 0 Å². The van der Waals surface area contributed by atoms with E-state index in [1.807, 2.05) is 12.1 Å². The van der Waals surface area contributed by atoms with Gasteiger partial charge in [-0.05, 0) is 44.2 Å². The van der Waals surface area contributed by atoms with Crippen LogP contribution < -0.4 is 10.6 Å². The zero-order valence-corrected chi connectivity index (χ0v) is 16.2. The van der Waals surface area contributed by atoms with Gasteiger partial charge in [0.15, 0.2) is 5.96 Å². The highest BCUT2D eigenvalue weighted by molar-refractivity contribution is 5.79. The Morgan fingerprint density at radius 3 is 2.93 bits per heavy atom. The first-order valence-electron chi connectivity index (χ1n) is 10.3. The van der Waals surface area contributed by atoms with Crippen LogP contribution >= 0.6 is 0 Å². The number of guanidine groups is 1. The highest BCUT2D eigenvalue weighted by Gasteiger charge is 2.15. The molecule has 0 aromatic carbocycles. The molecule has 2 atom stereocenters. The Morgan fingerprint density at radius 2 is 2.15 bits per heavy atom. The second-order valence-corrected chi connectivity index (χ2v) is 7.07. The summed E-state index contributed by atoms with van der Waals surface area (Å²) in [5, 5.41) is 6.80. The van der Waals surface area contributed by atoms with Crippen LogP contribution in [0.4, 0.5) is 0 Å². The standard InChI is InChI=1S/C20H33N3O4/c1-2-11-26-18(5-1)15-23-20(22-10-7-17-6-3-12-25-17)21-9-4-13-27-19-8-14-24-16-19/h3,6,12,18-19H,1-2,4-5,7-11,13-16H2,(H2,21,22,23). The van der Waals surface area contributed by atoms with Crippen molar-refractivity contribution < 1.29 is 18.6 Å². The van der Waals surface area contributed by atoms with E-state index in [1.54, 1.807) is 6.26 Å². The topological polar surface area (TPSA) is 77.3 Å². The van der Waals surface area contributed by atoms with E-state index < -0.39 is 0 Å². The lowest BCUT2D eigenvalue weighted by Crippen LogP contribution is -2.40. The lowest BCUT2D eigenvalue weighted by atomic mass is 10.1. The van der Waals surface area contributed by atoms with Gasteiger partial charge >= 0.3 is 0 Å². The Morgan fingerprint density at radius 1 is 1.19 bits per heavy atom. The molecule has 7 nitrogen and oxygen atoms in total. The molecule has 2 unspecified atom stereocenters. The third-order valence-corrected chi connectivity index (χ3v) is 4.83. The number of nitrogens with one attached hydrogen (secondary N) is 2. The summed E-state index contributed by atoms with van der Waals surface area (Å²) in [5.74, 6) is 1.81. The lowest BCUT2D eigenvalue weighted by Gasteiger charge is -2.21.